The molecule has 7 heteroatoms. The molecule has 2 rings (SSSR count). The van der Waals surface area contributed by atoms with Crippen LogP contribution < -0.4 is 5.32 Å². The average molecular weight is 292 g/mol. The summed E-state index contributed by atoms with van der Waals surface area (Å²) in [6.07, 6.45) is 1.80. The highest BCUT2D eigenvalue weighted by molar-refractivity contribution is 7.14. The van der Waals surface area contributed by atoms with Gasteiger partial charge in [-0.25, -0.2) is 0 Å². The Morgan fingerprint density at radius 3 is 2.90 bits per heavy atom. The van der Waals surface area contributed by atoms with Gasteiger partial charge in [-0.15, -0.1) is 10.2 Å². The number of nitrogens with zero attached hydrogens (tertiary/aromatic N) is 3. The van der Waals surface area contributed by atoms with E-state index in [1.807, 2.05) is 7.05 Å². The molecule has 2 aromatic rings. The Bertz CT molecular complexity index is 612. The lowest BCUT2D eigenvalue weighted by molar-refractivity contribution is -0.384. The molecule has 0 aliphatic carbocycles. The van der Waals surface area contributed by atoms with Crippen LogP contribution in [0.2, 0.25) is 0 Å². The number of aryl methyl sites for hydroxylation is 2. The van der Waals surface area contributed by atoms with Crippen molar-refractivity contribution in [2.45, 2.75) is 19.8 Å². The Morgan fingerprint density at radius 1 is 1.40 bits per heavy atom. The average Bonchev–Trinajstić information content (AvgIpc) is 2.87. The predicted molar refractivity (Wildman–Crippen MR) is 79.0 cm³/mol. The molecule has 0 fully saturated rings. The third kappa shape index (κ3) is 3.17. The fourth-order valence-corrected chi connectivity index (χ4v) is 2.86. The molecule has 0 bridgehead atoms. The summed E-state index contributed by atoms with van der Waals surface area (Å²) in [5.41, 5.74) is 1.30. The van der Waals surface area contributed by atoms with Crippen LogP contribution in [0.5, 0.6) is 0 Å². The number of aromatic nitrogens is 2. The van der Waals surface area contributed by atoms with Crippen molar-refractivity contribution < 1.29 is 4.92 Å². The van der Waals surface area contributed by atoms with E-state index >= 15 is 0 Å². The lowest BCUT2D eigenvalue weighted by atomic mass is 10.1. The van der Waals surface area contributed by atoms with E-state index in [4.69, 9.17) is 0 Å². The van der Waals surface area contributed by atoms with Crippen LogP contribution in [-0.4, -0.2) is 28.7 Å². The van der Waals surface area contributed by atoms with E-state index in [-0.39, 0.29) is 10.6 Å². The second kappa shape index (κ2) is 6.53. The molecule has 1 aromatic carbocycles. The van der Waals surface area contributed by atoms with Gasteiger partial charge in [-0.3, -0.25) is 10.1 Å². The van der Waals surface area contributed by atoms with E-state index in [9.17, 15) is 10.1 Å². The Labute approximate surface area is 121 Å². The standard InChI is InChI=1S/C13H16N4O2S/c1-9-5-3-6-10(12(9)17(18)19)13-16-15-11(20-13)7-4-8-14-2/h3,5-6,14H,4,7-8H2,1-2H3. The van der Waals surface area contributed by atoms with Gasteiger partial charge in [-0.1, -0.05) is 23.5 Å². The van der Waals surface area contributed by atoms with E-state index in [1.54, 1.807) is 25.1 Å². The number of nitro benzene ring substituents is 1. The molecule has 6 nitrogen and oxygen atoms in total. The predicted octanol–water partition coefficient (Wildman–Crippen LogP) is 2.57. The maximum Gasteiger partial charge on any atom is 0.282 e. The number of para-hydroxylation sites is 1. The zero-order chi connectivity index (χ0) is 14.5. The molecular formula is C13H16N4O2S. The van der Waals surface area contributed by atoms with Gasteiger partial charge in [0.2, 0.25) is 0 Å². The summed E-state index contributed by atoms with van der Waals surface area (Å²) in [6, 6.07) is 5.26. The van der Waals surface area contributed by atoms with Gasteiger partial charge in [0.15, 0.2) is 5.01 Å². The van der Waals surface area contributed by atoms with Crippen molar-refractivity contribution in [3.8, 4) is 10.6 Å². The van der Waals surface area contributed by atoms with Crippen LogP contribution in [0.4, 0.5) is 5.69 Å². The SMILES string of the molecule is CNCCCc1nnc(-c2cccc(C)c2[N+](=O)[O-])s1. The Morgan fingerprint density at radius 2 is 2.20 bits per heavy atom. The molecule has 0 amide bonds. The van der Waals surface area contributed by atoms with Crippen LogP contribution in [0, 0.1) is 17.0 Å². The Kier molecular flexibility index (Phi) is 4.75. The maximum absolute atomic E-state index is 11.2. The molecule has 20 heavy (non-hydrogen) atoms. The monoisotopic (exact) mass is 292 g/mol. The van der Waals surface area contributed by atoms with Crippen molar-refractivity contribution in [3.63, 3.8) is 0 Å². The third-order valence-electron chi connectivity index (χ3n) is 2.94. The summed E-state index contributed by atoms with van der Waals surface area (Å²) in [5, 5.41) is 24.0. The molecule has 1 aromatic heterocycles. The minimum Gasteiger partial charge on any atom is -0.320 e. The van der Waals surface area contributed by atoms with Gasteiger partial charge in [0.25, 0.3) is 5.69 Å². The fraction of sp³-hybridized carbons (Fsp3) is 0.385. The van der Waals surface area contributed by atoms with Gasteiger partial charge in [-0.2, -0.15) is 0 Å². The zero-order valence-corrected chi connectivity index (χ0v) is 12.2. The molecule has 1 N–H and O–H groups in total. The first-order chi connectivity index (χ1) is 9.63. The van der Waals surface area contributed by atoms with Crippen molar-refractivity contribution in [3.05, 3.63) is 38.9 Å². The van der Waals surface area contributed by atoms with Crippen LogP contribution in [-0.2, 0) is 6.42 Å². The first-order valence-electron chi connectivity index (χ1n) is 6.35. The van der Waals surface area contributed by atoms with Crippen LogP contribution in [0.1, 0.15) is 17.0 Å². The van der Waals surface area contributed by atoms with Crippen molar-refractivity contribution in [2.75, 3.05) is 13.6 Å². The first kappa shape index (κ1) is 14.5. The normalized spacial score (nSPS) is 10.7. The van der Waals surface area contributed by atoms with E-state index in [0.29, 0.717) is 16.1 Å². The first-order valence-corrected chi connectivity index (χ1v) is 7.16. The molecule has 0 radical (unpaired) electrons. The summed E-state index contributed by atoms with van der Waals surface area (Å²) in [4.78, 5) is 10.8. The minimum absolute atomic E-state index is 0.116. The second-order valence-corrected chi connectivity index (χ2v) is 5.50. The van der Waals surface area contributed by atoms with Gasteiger partial charge in [0.1, 0.15) is 5.01 Å². The molecular weight excluding hydrogens is 276 g/mol. The Hall–Kier alpha value is -1.86. The highest BCUT2D eigenvalue weighted by atomic mass is 32.1. The van der Waals surface area contributed by atoms with Crippen molar-refractivity contribution in [1.82, 2.24) is 15.5 Å². The molecule has 0 saturated carbocycles. The van der Waals surface area contributed by atoms with Crippen LogP contribution in [0.25, 0.3) is 10.6 Å². The Balaban J connectivity index is 2.28. The van der Waals surface area contributed by atoms with Gasteiger partial charge < -0.3 is 5.32 Å². The second-order valence-electron chi connectivity index (χ2n) is 4.44. The molecule has 0 saturated heterocycles. The lowest BCUT2D eigenvalue weighted by Gasteiger charge is -2.01. The van der Waals surface area contributed by atoms with Gasteiger partial charge in [-0.05, 0) is 33.0 Å². The van der Waals surface area contributed by atoms with Crippen molar-refractivity contribution in [1.29, 1.82) is 0 Å². The fourth-order valence-electron chi connectivity index (χ4n) is 1.95. The van der Waals surface area contributed by atoms with Crippen LogP contribution in [0.3, 0.4) is 0 Å². The molecule has 0 aliphatic rings. The lowest BCUT2D eigenvalue weighted by Crippen LogP contribution is -2.08. The molecule has 1 heterocycles. The highest BCUT2D eigenvalue weighted by Gasteiger charge is 2.20. The molecule has 106 valence electrons. The minimum atomic E-state index is -0.354. The number of benzene rings is 1. The van der Waals surface area contributed by atoms with Crippen molar-refractivity contribution >= 4 is 17.0 Å². The van der Waals surface area contributed by atoms with Crippen molar-refractivity contribution in [2.24, 2.45) is 0 Å². The quantitative estimate of drug-likeness (QED) is 0.503. The largest absolute Gasteiger partial charge is 0.320 e. The van der Waals surface area contributed by atoms with Crippen LogP contribution >= 0.6 is 11.3 Å². The topological polar surface area (TPSA) is 81.0 Å². The van der Waals surface area contributed by atoms with Crippen LogP contribution in [0.15, 0.2) is 18.2 Å². The zero-order valence-electron chi connectivity index (χ0n) is 11.4. The summed E-state index contributed by atoms with van der Waals surface area (Å²) < 4.78 is 0. The number of hydrogen-bond donors (Lipinski definition) is 1. The maximum atomic E-state index is 11.2. The number of nitrogens with one attached hydrogen (secondary N) is 1. The van der Waals surface area contributed by atoms with E-state index in [2.05, 4.69) is 15.5 Å². The summed E-state index contributed by atoms with van der Waals surface area (Å²) >= 11 is 1.42. The molecule has 0 unspecified atom stereocenters. The number of nitro groups is 1. The van der Waals surface area contributed by atoms with E-state index < -0.39 is 0 Å². The van der Waals surface area contributed by atoms with E-state index in [0.717, 1.165) is 24.4 Å². The van der Waals surface area contributed by atoms with E-state index in [1.165, 1.54) is 11.3 Å². The summed E-state index contributed by atoms with van der Waals surface area (Å²) in [6.45, 7) is 2.65. The van der Waals surface area contributed by atoms with Gasteiger partial charge >= 0.3 is 0 Å². The molecule has 0 atom stereocenters. The smallest absolute Gasteiger partial charge is 0.282 e. The number of rotatable bonds is 6. The number of hydrogen-bond acceptors (Lipinski definition) is 6. The molecule has 0 aliphatic heterocycles. The van der Waals surface area contributed by atoms with Gasteiger partial charge in [0, 0.05) is 12.0 Å². The molecule has 0 spiro atoms. The van der Waals surface area contributed by atoms with Gasteiger partial charge in [0.05, 0.1) is 10.5 Å². The third-order valence-corrected chi connectivity index (χ3v) is 3.95. The highest BCUT2D eigenvalue weighted by Crippen LogP contribution is 2.34. The summed E-state index contributed by atoms with van der Waals surface area (Å²) in [7, 11) is 1.90. The summed E-state index contributed by atoms with van der Waals surface area (Å²) in [5.74, 6) is 0.